The van der Waals surface area contributed by atoms with Gasteiger partial charge in [0.15, 0.2) is 0 Å². The van der Waals surface area contributed by atoms with Gasteiger partial charge in [-0.2, -0.15) is 4.31 Å². The third-order valence-corrected chi connectivity index (χ3v) is 7.61. The van der Waals surface area contributed by atoms with Crippen LogP contribution >= 0.6 is 0 Å². The quantitative estimate of drug-likeness (QED) is 0.744. The second kappa shape index (κ2) is 9.24. The topological polar surface area (TPSA) is 70.2 Å². The fourth-order valence-corrected chi connectivity index (χ4v) is 5.43. The number of sulfonamides is 1. The number of nitrogens with zero attached hydrogens (tertiary/aromatic N) is 3. The van der Waals surface area contributed by atoms with Gasteiger partial charge in [0.2, 0.25) is 10.0 Å². The number of benzene rings is 1. The number of piperazine rings is 1. The number of amides is 1. The van der Waals surface area contributed by atoms with Crippen molar-refractivity contribution in [2.45, 2.75) is 37.5 Å². The molecule has 2 saturated heterocycles. The van der Waals surface area contributed by atoms with E-state index in [1.807, 2.05) is 0 Å². The summed E-state index contributed by atoms with van der Waals surface area (Å²) in [5.74, 6) is 0.248. The minimum atomic E-state index is -3.61. The van der Waals surface area contributed by atoms with Crippen LogP contribution in [0.1, 0.15) is 43.0 Å². The van der Waals surface area contributed by atoms with E-state index in [0.717, 1.165) is 45.3 Å². The van der Waals surface area contributed by atoms with E-state index in [-0.39, 0.29) is 10.8 Å². The van der Waals surface area contributed by atoms with Gasteiger partial charge in [-0.15, -0.1) is 0 Å². The summed E-state index contributed by atoms with van der Waals surface area (Å²) in [4.78, 5) is 17.4. The number of likely N-dealkylation sites (N-methyl/N-ethyl adjacent to an activating group) is 1. The molecule has 156 valence electrons. The Kier molecular flexibility index (Phi) is 6.95. The van der Waals surface area contributed by atoms with Crippen LogP contribution < -0.4 is 4.74 Å². The first-order chi connectivity index (χ1) is 13.5. The van der Waals surface area contributed by atoms with Crippen molar-refractivity contribution in [1.29, 1.82) is 0 Å². The van der Waals surface area contributed by atoms with Gasteiger partial charge in [-0.05, 0) is 37.6 Å². The predicted octanol–water partition coefficient (Wildman–Crippen LogP) is 2.04. The molecule has 3 rings (SSSR count). The Morgan fingerprint density at radius 3 is 2.21 bits per heavy atom. The zero-order valence-electron chi connectivity index (χ0n) is 16.9. The average molecular weight is 410 g/mol. The van der Waals surface area contributed by atoms with Crippen LogP contribution in [0.5, 0.6) is 5.75 Å². The standard InChI is InChI=1S/C20H31N3O4S/c1-3-21-12-14-22(15-13-21)20(24)18-16-17(8-9-19(18)27-2)28(25,26)23-10-6-4-5-7-11-23/h8-9,16H,3-7,10-15H2,1-2H3. The van der Waals surface area contributed by atoms with Crippen molar-refractivity contribution in [3.63, 3.8) is 0 Å². The molecule has 1 amide bonds. The highest BCUT2D eigenvalue weighted by Gasteiger charge is 2.29. The summed E-state index contributed by atoms with van der Waals surface area (Å²) in [6, 6.07) is 4.64. The van der Waals surface area contributed by atoms with Crippen LogP contribution in [0.15, 0.2) is 23.1 Å². The minimum Gasteiger partial charge on any atom is -0.496 e. The van der Waals surface area contributed by atoms with Gasteiger partial charge in [0, 0.05) is 39.3 Å². The lowest BCUT2D eigenvalue weighted by molar-refractivity contribution is 0.0640. The van der Waals surface area contributed by atoms with E-state index in [4.69, 9.17) is 4.74 Å². The lowest BCUT2D eigenvalue weighted by atomic mass is 10.1. The van der Waals surface area contributed by atoms with Crippen molar-refractivity contribution in [3.05, 3.63) is 23.8 Å². The summed E-state index contributed by atoms with van der Waals surface area (Å²) in [5.41, 5.74) is 0.323. The number of carbonyl (C=O) groups excluding carboxylic acids is 1. The van der Waals surface area contributed by atoms with Gasteiger partial charge in [0.05, 0.1) is 17.6 Å². The fraction of sp³-hybridized carbons (Fsp3) is 0.650. The molecule has 2 heterocycles. The molecule has 0 unspecified atom stereocenters. The van der Waals surface area contributed by atoms with E-state index >= 15 is 0 Å². The Labute approximate surface area is 168 Å². The van der Waals surface area contributed by atoms with Gasteiger partial charge >= 0.3 is 0 Å². The molecule has 0 atom stereocenters. The van der Waals surface area contributed by atoms with Crippen molar-refractivity contribution in [2.24, 2.45) is 0 Å². The van der Waals surface area contributed by atoms with Crippen LogP contribution in [0.4, 0.5) is 0 Å². The Morgan fingerprint density at radius 2 is 1.64 bits per heavy atom. The van der Waals surface area contributed by atoms with E-state index in [2.05, 4.69) is 11.8 Å². The minimum absolute atomic E-state index is 0.166. The largest absolute Gasteiger partial charge is 0.496 e. The van der Waals surface area contributed by atoms with E-state index in [9.17, 15) is 13.2 Å². The molecule has 0 spiro atoms. The first kappa shape index (κ1) is 21.1. The molecule has 1 aromatic rings. The first-order valence-electron chi connectivity index (χ1n) is 10.2. The fourth-order valence-electron chi connectivity index (χ4n) is 3.88. The van der Waals surface area contributed by atoms with Crippen LogP contribution in [0.3, 0.4) is 0 Å². The third-order valence-electron chi connectivity index (χ3n) is 5.71. The molecule has 28 heavy (non-hydrogen) atoms. The van der Waals surface area contributed by atoms with Crippen LogP contribution in [-0.2, 0) is 10.0 Å². The maximum Gasteiger partial charge on any atom is 0.257 e. The maximum absolute atomic E-state index is 13.1. The average Bonchev–Trinajstić information content (AvgIpc) is 3.03. The van der Waals surface area contributed by atoms with E-state index in [1.165, 1.54) is 13.2 Å². The summed E-state index contributed by atoms with van der Waals surface area (Å²) >= 11 is 0. The van der Waals surface area contributed by atoms with E-state index < -0.39 is 10.0 Å². The van der Waals surface area contributed by atoms with Crippen molar-refractivity contribution in [3.8, 4) is 5.75 Å². The molecule has 1 aromatic carbocycles. The number of hydrogen-bond donors (Lipinski definition) is 0. The summed E-state index contributed by atoms with van der Waals surface area (Å²) in [5, 5.41) is 0. The van der Waals surface area contributed by atoms with Gasteiger partial charge in [-0.25, -0.2) is 8.42 Å². The molecule has 2 aliphatic heterocycles. The number of ether oxygens (including phenoxy) is 1. The third kappa shape index (κ3) is 4.50. The van der Waals surface area contributed by atoms with Gasteiger partial charge in [0.25, 0.3) is 5.91 Å². The highest BCUT2D eigenvalue weighted by atomic mass is 32.2. The lowest BCUT2D eigenvalue weighted by Crippen LogP contribution is -2.48. The first-order valence-corrected chi connectivity index (χ1v) is 11.6. The summed E-state index contributed by atoms with van der Waals surface area (Å²) in [6.45, 7) is 7.09. The van der Waals surface area contributed by atoms with Crippen LogP contribution in [-0.4, -0.2) is 81.4 Å². The normalized spacial score (nSPS) is 20.0. The molecule has 0 aromatic heterocycles. The smallest absolute Gasteiger partial charge is 0.257 e. The van der Waals surface area contributed by atoms with Crippen LogP contribution in [0, 0.1) is 0 Å². The number of methoxy groups -OCH3 is 1. The Balaban J connectivity index is 1.86. The van der Waals surface area contributed by atoms with Crippen LogP contribution in [0.25, 0.3) is 0 Å². The number of rotatable bonds is 5. The van der Waals surface area contributed by atoms with Gasteiger partial charge in [0.1, 0.15) is 5.75 Å². The monoisotopic (exact) mass is 409 g/mol. The van der Waals surface area contributed by atoms with Gasteiger partial charge < -0.3 is 14.5 Å². The van der Waals surface area contributed by atoms with E-state index in [0.29, 0.717) is 37.5 Å². The molecular formula is C20H31N3O4S. The molecule has 2 aliphatic rings. The summed E-state index contributed by atoms with van der Waals surface area (Å²) in [7, 11) is -2.11. The molecule has 2 fully saturated rings. The molecular weight excluding hydrogens is 378 g/mol. The molecule has 0 aliphatic carbocycles. The molecule has 0 radical (unpaired) electrons. The lowest BCUT2D eigenvalue weighted by Gasteiger charge is -2.34. The highest BCUT2D eigenvalue weighted by Crippen LogP contribution is 2.27. The van der Waals surface area contributed by atoms with Crippen LogP contribution in [0.2, 0.25) is 0 Å². The van der Waals surface area contributed by atoms with Gasteiger partial charge in [-0.1, -0.05) is 19.8 Å². The zero-order valence-corrected chi connectivity index (χ0v) is 17.7. The van der Waals surface area contributed by atoms with Gasteiger partial charge in [-0.3, -0.25) is 4.79 Å². The van der Waals surface area contributed by atoms with Crippen molar-refractivity contribution >= 4 is 15.9 Å². The number of hydrogen-bond acceptors (Lipinski definition) is 5. The molecule has 0 saturated carbocycles. The molecule has 8 heteroatoms. The number of carbonyl (C=O) groups is 1. The SMILES string of the molecule is CCN1CCN(C(=O)c2cc(S(=O)(=O)N3CCCCCC3)ccc2OC)CC1. The Hall–Kier alpha value is -1.64. The van der Waals surface area contributed by atoms with Crippen molar-refractivity contribution < 1.29 is 17.9 Å². The Bertz CT molecular complexity index is 781. The second-order valence-corrected chi connectivity index (χ2v) is 9.34. The zero-order chi connectivity index (χ0) is 20.1. The predicted molar refractivity (Wildman–Crippen MR) is 108 cm³/mol. The molecule has 7 nitrogen and oxygen atoms in total. The summed E-state index contributed by atoms with van der Waals surface area (Å²) in [6.07, 6.45) is 3.87. The Morgan fingerprint density at radius 1 is 1.00 bits per heavy atom. The summed E-state index contributed by atoms with van der Waals surface area (Å²) < 4.78 is 33.2. The molecule has 0 N–H and O–H groups in total. The van der Waals surface area contributed by atoms with E-state index in [1.54, 1.807) is 21.3 Å². The van der Waals surface area contributed by atoms with Crippen molar-refractivity contribution in [2.75, 3.05) is 52.9 Å². The second-order valence-electron chi connectivity index (χ2n) is 7.41. The molecule has 0 bridgehead atoms. The maximum atomic E-state index is 13.1. The highest BCUT2D eigenvalue weighted by molar-refractivity contribution is 7.89. The van der Waals surface area contributed by atoms with Crippen molar-refractivity contribution in [1.82, 2.24) is 14.1 Å².